The first-order valence-electron chi connectivity index (χ1n) is 7.11. The highest BCUT2D eigenvalue weighted by molar-refractivity contribution is 7.09. The van der Waals surface area contributed by atoms with Crippen LogP contribution in [0.3, 0.4) is 0 Å². The van der Waals surface area contributed by atoms with Crippen LogP contribution < -0.4 is 11.1 Å². The van der Waals surface area contributed by atoms with Crippen molar-refractivity contribution in [2.75, 3.05) is 12.4 Å². The van der Waals surface area contributed by atoms with Gasteiger partial charge >= 0.3 is 0 Å². The molecule has 1 unspecified atom stereocenters. The molecule has 0 radical (unpaired) electrons. The highest BCUT2D eigenvalue weighted by Gasteiger charge is 2.09. The number of guanidine groups is 1. The average Bonchev–Trinajstić information content (AvgIpc) is 2.97. The lowest BCUT2D eigenvalue weighted by Gasteiger charge is -2.07. The van der Waals surface area contributed by atoms with E-state index >= 15 is 0 Å². The molecular weight excluding hydrogens is 296 g/mol. The average molecular weight is 318 g/mol. The number of aromatic nitrogens is 1. The Morgan fingerprint density at radius 2 is 2.18 bits per heavy atom. The standard InChI is InChI=1S/C16H22N4OS/c1-10-5-6-13(7-11(10)2)20-16(17)18-8-14-9-22-15(19-14)12(3)21-4/h5-7,9,12H,8H2,1-4H3,(H3,17,18,20). The second-order valence-corrected chi connectivity index (χ2v) is 6.07. The normalized spacial score (nSPS) is 13.2. The number of hydrogen-bond donors (Lipinski definition) is 2. The van der Waals surface area contributed by atoms with Crippen LogP contribution in [0.15, 0.2) is 28.6 Å². The predicted molar refractivity (Wildman–Crippen MR) is 92.4 cm³/mol. The van der Waals surface area contributed by atoms with Crippen LogP contribution in [0.4, 0.5) is 5.69 Å². The quantitative estimate of drug-likeness (QED) is 0.654. The van der Waals surface area contributed by atoms with Crippen molar-refractivity contribution in [2.24, 2.45) is 10.7 Å². The molecule has 0 amide bonds. The fourth-order valence-corrected chi connectivity index (χ4v) is 2.70. The number of rotatable bonds is 5. The largest absolute Gasteiger partial charge is 0.375 e. The lowest BCUT2D eigenvalue weighted by Crippen LogP contribution is -2.22. The molecule has 0 spiro atoms. The number of thiazole rings is 1. The minimum absolute atomic E-state index is 0.00809. The number of hydrogen-bond acceptors (Lipinski definition) is 4. The lowest BCUT2D eigenvalue weighted by atomic mass is 10.1. The molecule has 0 bridgehead atoms. The van der Waals surface area contributed by atoms with Gasteiger partial charge in [0.25, 0.3) is 0 Å². The monoisotopic (exact) mass is 318 g/mol. The molecule has 0 saturated heterocycles. The van der Waals surface area contributed by atoms with Crippen LogP contribution >= 0.6 is 11.3 Å². The van der Waals surface area contributed by atoms with E-state index in [0.29, 0.717) is 12.5 Å². The van der Waals surface area contributed by atoms with Crippen molar-refractivity contribution in [3.8, 4) is 0 Å². The maximum Gasteiger partial charge on any atom is 0.193 e. The summed E-state index contributed by atoms with van der Waals surface area (Å²) in [6, 6.07) is 6.11. The summed E-state index contributed by atoms with van der Waals surface area (Å²) in [6.45, 7) is 6.58. The third kappa shape index (κ3) is 4.29. The van der Waals surface area contributed by atoms with Crippen LogP contribution in [0.5, 0.6) is 0 Å². The Kier molecular flexibility index (Phi) is 5.51. The molecule has 1 atom stereocenters. The van der Waals surface area contributed by atoms with Crippen molar-refractivity contribution in [1.82, 2.24) is 4.98 Å². The molecule has 5 nitrogen and oxygen atoms in total. The zero-order chi connectivity index (χ0) is 16.1. The first kappa shape index (κ1) is 16.5. The molecule has 2 rings (SSSR count). The number of nitrogens with two attached hydrogens (primary N) is 1. The number of anilines is 1. The smallest absolute Gasteiger partial charge is 0.193 e. The molecular formula is C16H22N4OS. The molecule has 1 heterocycles. The molecule has 0 saturated carbocycles. The Hall–Kier alpha value is -1.92. The summed E-state index contributed by atoms with van der Waals surface area (Å²) >= 11 is 1.57. The van der Waals surface area contributed by atoms with Crippen molar-refractivity contribution < 1.29 is 4.74 Å². The molecule has 1 aromatic carbocycles. The summed E-state index contributed by atoms with van der Waals surface area (Å²) in [6.07, 6.45) is 0.00809. The van der Waals surface area contributed by atoms with Crippen LogP contribution in [0.1, 0.15) is 34.9 Å². The second-order valence-electron chi connectivity index (χ2n) is 5.18. The number of nitrogens with zero attached hydrogens (tertiary/aromatic N) is 2. The Morgan fingerprint density at radius 3 is 2.86 bits per heavy atom. The van der Waals surface area contributed by atoms with Crippen LogP contribution in [-0.4, -0.2) is 18.1 Å². The van der Waals surface area contributed by atoms with Gasteiger partial charge in [-0.3, -0.25) is 0 Å². The van der Waals surface area contributed by atoms with Crippen LogP contribution in [-0.2, 0) is 11.3 Å². The van der Waals surface area contributed by atoms with E-state index in [-0.39, 0.29) is 6.10 Å². The van der Waals surface area contributed by atoms with Gasteiger partial charge in [0.1, 0.15) is 11.1 Å². The lowest BCUT2D eigenvalue weighted by molar-refractivity contribution is 0.119. The number of aliphatic imine (C=N–C) groups is 1. The van der Waals surface area contributed by atoms with E-state index in [9.17, 15) is 0 Å². The SMILES string of the molecule is COC(C)c1nc(CN=C(N)Nc2ccc(C)c(C)c2)cs1. The third-order valence-corrected chi connectivity index (χ3v) is 4.52. The molecule has 0 aliphatic rings. The summed E-state index contributed by atoms with van der Waals surface area (Å²) in [5.74, 6) is 0.387. The Labute approximate surface area is 135 Å². The summed E-state index contributed by atoms with van der Waals surface area (Å²) < 4.78 is 5.25. The topological polar surface area (TPSA) is 72.5 Å². The molecule has 0 aliphatic heterocycles. The van der Waals surface area contributed by atoms with Crippen LogP contribution in [0, 0.1) is 13.8 Å². The van der Waals surface area contributed by atoms with E-state index in [1.54, 1.807) is 18.4 Å². The van der Waals surface area contributed by atoms with Gasteiger partial charge in [-0.15, -0.1) is 11.3 Å². The van der Waals surface area contributed by atoms with Gasteiger partial charge < -0.3 is 15.8 Å². The Bertz CT molecular complexity index is 666. The van der Waals surface area contributed by atoms with Gasteiger partial charge in [0, 0.05) is 18.2 Å². The summed E-state index contributed by atoms with van der Waals surface area (Å²) in [5.41, 5.74) is 10.2. The summed E-state index contributed by atoms with van der Waals surface area (Å²) in [7, 11) is 1.68. The zero-order valence-electron chi connectivity index (χ0n) is 13.4. The van der Waals surface area contributed by atoms with E-state index in [4.69, 9.17) is 10.5 Å². The molecule has 22 heavy (non-hydrogen) atoms. The number of benzene rings is 1. The fourth-order valence-electron chi connectivity index (χ4n) is 1.86. The highest BCUT2D eigenvalue weighted by Crippen LogP contribution is 2.20. The van der Waals surface area contributed by atoms with E-state index in [1.165, 1.54) is 11.1 Å². The van der Waals surface area contributed by atoms with E-state index in [0.717, 1.165) is 16.4 Å². The minimum atomic E-state index is 0.00809. The Balaban J connectivity index is 1.97. The Morgan fingerprint density at radius 1 is 1.41 bits per heavy atom. The van der Waals surface area contributed by atoms with Crippen molar-refractivity contribution in [3.05, 3.63) is 45.4 Å². The van der Waals surface area contributed by atoms with E-state index in [2.05, 4.69) is 41.3 Å². The maximum absolute atomic E-state index is 5.92. The summed E-state index contributed by atoms with van der Waals surface area (Å²) in [5, 5.41) is 6.04. The van der Waals surface area contributed by atoms with Gasteiger partial charge in [-0.25, -0.2) is 9.98 Å². The number of nitrogens with one attached hydrogen (secondary N) is 1. The predicted octanol–water partition coefficient (Wildman–Crippen LogP) is 3.39. The third-order valence-electron chi connectivity index (χ3n) is 3.46. The number of aryl methyl sites for hydroxylation is 2. The number of ether oxygens (including phenoxy) is 1. The van der Waals surface area contributed by atoms with Crippen molar-refractivity contribution in [1.29, 1.82) is 0 Å². The highest BCUT2D eigenvalue weighted by atomic mass is 32.1. The van der Waals surface area contributed by atoms with Crippen molar-refractivity contribution in [2.45, 2.75) is 33.4 Å². The van der Waals surface area contributed by atoms with Crippen LogP contribution in [0.25, 0.3) is 0 Å². The first-order chi connectivity index (χ1) is 10.5. The molecule has 118 valence electrons. The maximum atomic E-state index is 5.92. The molecule has 0 aliphatic carbocycles. The van der Waals surface area contributed by atoms with Gasteiger partial charge in [-0.1, -0.05) is 6.07 Å². The number of methoxy groups -OCH3 is 1. The molecule has 1 aromatic heterocycles. The van der Waals surface area contributed by atoms with Crippen molar-refractivity contribution in [3.63, 3.8) is 0 Å². The van der Waals surface area contributed by atoms with E-state index in [1.807, 2.05) is 18.4 Å². The van der Waals surface area contributed by atoms with Crippen LogP contribution in [0.2, 0.25) is 0 Å². The van der Waals surface area contributed by atoms with Gasteiger partial charge in [0.15, 0.2) is 5.96 Å². The van der Waals surface area contributed by atoms with E-state index < -0.39 is 0 Å². The molecule has 6 heteroatoms. The van der Waals surface area contributed by atoms with Crippen molar-refractivity contribution >= 4 is 23.0 Å². The zero-order valence-corrected chi connectivity index (χ0v) is 14.2. The fraction of sp³-hybridized carbons (Fsp3) is 0.375. The minimum Gasteiger partial charge on any atom is -0.375 e. The molecule has 2 aromatic rings. The second kappa shape index (κ2) is 7.38. The molecule has 3 N–H and O–H groups in total. The molecule has 0 fully saturated rings. The van der Waals surface area contributed by atoms with Gasteiger partial charge in [-0.2, -0.15) is 0 Å². The van der Waals surface area contributed by atoms with Gasteiger partial charge in [0.2, 0.25) is 0 Å². The van der Waals surface area contributed by atoms with Gasteiger partial charge in [-0.05, 0) is 44.0 Å². The first-order valence-corrected chi connectivity index (χ1v) is 7.99. The summed E-state index contributed by atoms with van der Waals surface area (Å²) in [4.78, 5) is 8.82. The van der Waals surface area contributed by atoms with Gasteiger partial charge in [0.05, 0.1) is 12.2 Å².